The average Bonchev–Trinajstić information content (AvgIpc) is 3.32. The van der Waals surface area contributed by atoms with Crippen LogP contribution in [0.2, 0.25) is 0 Å². The Hall–Kier alpha value is -3.22. The molecule has 7 heteroatoms. The highest BCUT2D eigenvalue weighted by atomic mass is 16.5. The van der Waals surface area contributed by atoms with Gasteiger partial charge in [-0.1, -0.05) is 19.1 Å². The monoisotopic (exact) mass is 419 g/mol. The molecule has 1 aromatic carbocycles. The molecule has 0 aliphatic carbocycles. The predicted octanol–water partition coefficient (Wildman–Crippen LogP) is 3.57. The highest BCUT2D eigenvalue weighted by molar-refractivity contribution is 5.76. The van der Waals surface area contributed by atoms with Crippen LogP contribution in [0.5, 0.6) is 5.75 Å². The zero-order valence-electron chi connectivity index (χ0n) is 18.2. The van der Waals surface area contributed by atoms with E-state index in [9.17, 15) is 4.79 Å². The van der Waals surface area contributed by atoms with E-state index in [1.807, 2.05) is 39.9 Å². The van der Waals surface area contributed by atoms with Gasteiger partial charge in [0.05, 0.1) is 12.8 Å². The predicted molar refractivity (Wildman–Crippen MR) is 118 cm³/mol. The number of piperidine rings is 1. The lowest BCUT2D eigenvalue weighted by Gasteiger charge is -2.33. The fraction of sp³-hybridized carbons (Fsp3) is 0.417. The van der Waals surface area contributed by atoms with Gasteiger partial charge in [0.15, 0.2) is 5.82 Å². The SMILES string of the molecule is CCc1nccn1-c1nccnc1[C@H]1CCCN(C(=O)CCc2ccc(OC)cc2)C1. The number of aromatic nitrogens is 4. The molecule has 31 heavy (non-hydrogen) atoms. The summed E-state index contributed by atoms with van der Waals surface area (Å²) in [6.07, 6.45) is 11.2. The fourth-order valence-corrected chi connectivity index (χ4v) is 4.23. The van der Waals surface area contributed by atoms with Crippen molar-refractivity contribution in [2.24, 2.45) is 0 Å². The van der Waals surface area contributed by atoms with Gasteiger partial charge in [0.25, 0.3) is 0 Å². The number of hydrogen-bond acceptors (Lipinski definition) is 5. The van der Waals surface area contributed by atoms with Crippen molar-refractivity contribution in [2.75, 3.05) is 20.2 Å². The molecule has 0 radical (unpaired) electrons. The molecule has 3 heterocycles. The maximum atomic E-state index is 12.9. The van der Waals surface area contributed by atoms with Gasteiger partial charge in [-0.05, 0) is 37.0 Å². The maximum absolute atomic E-state index is 12.9. The first-order valence-electron chi connectivity index (χ1n) is 10.9. The molecule has 0 unspecified atom stereocenters. The van der Waals surface area contributed by atoms with Gasteiger partial charge in [0.2, 0.25) is 5.91 Å². The number of amides is 1. The number of nitrogens with zero attached hydrogens (tertiary/aromatic N) is 5. The lowest BCUT2D eigenvalue weighted by molar-refractivity contribution is -0.132. The summed E-state index contributed by atoms with van der Waals surface area (Å²) in [7, 11) is 1.66. The molecule has 0 spiro atoms. The highest BCUT2D eigenvalue weighted by Gasteiger charge is 2.28. The molecule has 3 aromatic rings. The van der Waals surface area contributed by atoms with Crippen molar-refractivity contribution in [2.45, 2.75) is 44.9 Å². The number of hydrogen-bond donors (Lipinski definition) is 0. The molecule has 1 aliphatic rings. The summed E-state index contributed by atoms with van der Waals surface area (Å²) in [6, 6.07) is 7.92. The van der Waals surface area contributed by atoms with Crippen LogP contribution in [-0.4, -0.2) is 50.5 Å². The Bertz CT molecular complexity index is 1010. The van der Waals surface area contributed by atoms with Crippen LogP contribution >= 0.6 is 0 Å². The van der Waals surface area contributed by atoms with Crippen LogP contribution in [0.1, 0.15) is 49.2 Å². The summed E-state index contributed by atoms with van der Waals surface area (Å²) in [4.78, 5) is 28.6. The molecule has 1 atom stereocenters. The lowest BCUT2D eigenvalue weighted by Crippen LogP contribution is -2.39. The van der Waals surface area contributed by atoms with E-state index >= 15 is 0 Å². The van der Waals surface area contributed by atoms with E-state index in [1.165, 1.54) is 0 Å². The Morgan fingerprint density at radius 2 is 1.94 bits per heavy atom. The van der Waals surface area contributed by atoms with E-state index in [0.717, 1.165) is 60.9 Å². The molecule has 0 N–H and O–H groups in total. The number of rotatable bonds is 7. The van der Waals surface area contributed by atoms with Gasteiger partial charge in [-0.3, -0.25) is 14.3 Å². The van der Waals surface area contributed by atoms with Crippen molar-refractivity contribution >= 4 is 5.91 Å². The average molecular weight is 420 g/mol. The fourth-order valence-electron chi connectivity index (χ4n) is 4.23. The van der Waals surface area contributed by atoms with Crippen LogP contribution in [0.3, 0.4) is 0 Å². The van der Waals surface area contributed by atoms with E-state index < -0.39 is 0 Å². The number of likely N-dealkylation sites (tertiary alicyclic amines) is 1. The Morgan fingerprint density at radius 1 is 1.13 bits per heavy atom. The molecule has 7 nitrogen and oxygen atoms in total. The topological polar surface area (TPSA) is 73.1 Å². The zero-order valence-corrected chi connectivity index (χ0v) is 18.2. The van der Waals surface area contributed by atoms with Crippen molar-refractivity contribution in [3.05, 3.63) is 66.1 Å². The second-order valence-electron chi connectivity index (χ2n) is 7.86. The zero-order chi connectivity index (χ0) is 21.6. The molecule has 1 aliphatic heterocycles. The molecule has 2 aromatic heterocycles. The number of methoxy groups -OCH3 is 1. The Kier molecular flexibility index (Phi) is 6.60. The van der Waals surface area contributed by atoms with Gasteiger partial charge < -0.3 is 9.64 Å². The minimum atomic E-state index is 0.175. The largest absolute Gasteiger partial charge is 0.497 e. The van der Waals surface area contributed by atoms with E-state index in [4.69, 9.17) is 4.74 Å². The van der Waals surface area contributed by atoms with Crippen molar-refractivity contribution in [1.29, 1.82) is 0 Å². The quantitative estimate of drug-likeness (QED) is 0.585. The van der Waals surface area contributed by atoms with E-state index in [0.29, 0.717) is 13.0 Å². The highest BCUT2D eigenvalue weighted by Crippen LogP contribution is 2.29. The van der Waals surface area contributed by atoms with Crippen molar-refractivity contribution in [3.63, 3.8) is 0 Å². The molecule has 1 saturated heterocycles. The van der Waals surface area contributed by atoms with Gasteiger partial charge in [-0.25, -0.2) is 9.97 Å². The van der Waals surface area contributed by atoms with Crippen LogP contribution < -0.4 is 4.74 Å². The third-order valence-corrected chi connectivity index (χ3v) is 5.92. The number of aryl methyl sites for hydroxylation is 2. The smallest absolute Gasteiger partial charge is 0.222 e. The van der Waals surface area contributed by atoms with Gasteiger partial charge in [-0.2, -0.15) is 0 Å². The molecular formula is C24H29N5O2. The Labute approximate surface area is 183 Å². The second-order valence-corrected chi connectivity index (χ2v) is 7.86. The summed E-state index contributed by atoms with van der Waals surface area (Å²) in [6.45, 7) is 3.57. The van der Waals surface area contributed by atoms with Gasteiger partial charge in [-0.15, -0.1) is 0 Å². The van der Waals surface area contributed by atoms with E-state index in [1.54, 1.807) is 25.7 Å². The first kappa shape index (κ1) is 21.0. The number of benzene rings is 1. The minimum absolute atomic E-state index is 0.175. The molecule has 4 rings (SSSR count). The van der Waals surface area contributed by atoms with Crippen molar-refractivity contribution in [3.8, 4) is 11.6 Å². The molecule has 1 fully saturated rings. The number of imidazole rings is 1. The summed E-state index contributed by atoms with van der Waals surface area (Å²) < 4.78 is 7.22. The van der Waals surface area contributed by atoms with Crippen LogP contribution in [0.4, 0.5) is 0 Å². The van der Waals surface area contributed by atoms with E-state index in [2.05, 4.69) is 21.9 Å². The van der Waals surface area contributed by atoms with Crippen molar-refractivity contribution in [1.82, 2.24) is 24.4 Å². The third kappa shape index (κ3) is 4.76. The number of ether oxygens (including phenoxy) is 1. The van der Waals surface area contributed by atoms with Crippen LogP contribution in [-0.2, 0) is 17.6 Å². The number of carbonyl (C=O) groups excluding carboxylic acids is 1. The second kappa shape index (κ2) is 9.73. The maximum Gasteiger partial charge on any atom is 0.222 e. The summed E-state index contributed by atoms with van der Waals surface area (Å²) >= 11 is 0. The molecular weight excluding hydrogens is 390 g/mol. The van der Waals surface area contributed by atoms with Gasteiger partial charge >= 0.3 is 0 Å². The first-order chi connectivity index (χ1) is 15.2. The van der Waals surface area contributed by atoms with Gasteiger partial charge in [0.1, 0.15) is 11.6 Å². The summed E-state index contributed by atoms with van der Waals surface area (Å²) in [5.74, 6) is 2.99. The minimum Gasteiger partial charge on any atom is -0.497 e. The summed E-state index contributed by atoms with van der Waals surface area (Å²) in [5.41, 5.74) is 2.09. The molecule has 162 valence electrons. The van der Waals surface area contributed by atoms with Crippen molar-refractivity contribution < 1.29 is 9.53 Å². The normalized spacial score (nSPS) is 16.3. The first-order valence-corrected chi connectivity index (χ1v) is 10.9. The standard InChI is InChI=1S/C24H29N5O2/c1-3-21-25-14-16-29(21)24-23(26-12-13-27-24)19-5-4-15-28(17-19)22(30)11-8-18-6-9-20(31-2)10-7-18/h6-7,9-10,12-14,16,19H,3-5,8,11,15,17H2,1-2H3/t19-/m0/s1. The summed E-state index contributed by atoms with van der Waals surface area (Å²) in [5, 5.41) is 0. The molecule has 0 bridgehead atoms. The molecule has 1 amide bonds. The third-order valence-electron chi connectivity index (χ3n) is 5.92. The Morgan fingerprint density at radius 3 is 2.71 bits per heavy atom. The van der Waals surface area contributed by atoms with Crippen LogP contribution in [0, 0.1) is 0 Å². The lowest BCUT2D eigenvalue weighted by atomic mass is 9.93. The number of carbonyl (C=O) groups is 1. The van der Waals surface area contributed by atoms with Crippen LogP contribution in [0.15, 0.2) is 49.1 Å². The van der Waals surface area contributed by atoms with Gasteiger partial charge in [0, 0.05) is 56.6 Å². The molecule has 0 saturated carbocycles. The van der Waals surface area contributed by atoms with Crippen LogP contribution in [0.25, 0.3) is 5.82 Å². The Balaban J connectivity index is 1.44. The van der Waals surface area contributed by atoms with E-state index in [-0.39, 0.29) is 11.8 Å².